The van der Waals surface area contributed by atoms with E-state index in [0.717, 1.165) is 24.6 Å². The lowest BCUT2D eigenvalue weighted by Gasteiger charge is -2.19. The molecule has 0 heterocycles. The molecule has 0 aromatic carbocycles. The lowest BCUT2D eigenvalue weighted by Crippen LogP contribution is -2.33. The van der Waals surface area contributed by atoms with Gasteiger partial charge in [0.25, 0.3) is 0 Å². The van der Waals surface area contributed by atoms with Gasteiger partial charge in [-0.25, -0.2) is 12.7 Å². The Morgan fingerprint density at radius 1 is 1.21 bits per heavy atom. The molecule has 0 bridgehead atoms. The van der Waals surface area contributed by atoms with Crippen molar-refractivity contribution in [3.05, 3.63) is 0 Å². The maximum absolute atomic E-state index is 11.7. The smallest absolute Gasteiger partial charge is 0.212 e. The topological polar surface area (TPSA) is 37.4 Å². The quantitative estimate of drug-likeness (QED) is 0.642. The molecule has 0 aliphatic carbocycles. The second-order valence-electron chi connectivity index (χ2n) is 3.20. The molecule has 5 heteroatoms. The van der Waals surface area contributed by atoms with Gasteiger partial charge in [-0.3, -0.25) is 0 Å². The van der Waals surface area contributed by atoms with E-state index in [1.807, 2.05) is 13.8 Å². The summed E-state index contributed by atoms with van der Waals surface area (Å²) in [6.45, 7) is 5.11. The number of alkyl halides is 1. The molecule has 0 rings (SSSR count). The first-order valence-corrected chi connectivity index (χ1v) is 7.85. The van der Waals surface area contributed by atoms with Crippen molar-refractivity contribution in [3.63, 3.8) is 0 Å². The van der Waals surface area contributed by atoms with Crippen LogP contribution in [-0.2, 0) is 10.0 Å². The van der Waals surface area contributed by atoms with Gasteiger partial charge in [-0.2, -0.15) is 0 Å². The average molecular weight is 286 g/mol. The van der Waals surface area contributed by atoms with Crippen LogP contribution in [0.15, 0.2) is 0 Å². The van der Waals surface area contributed by atoms with E-state index in [4.69, 9.17) is 0 Å². The molecule has 0 aromatic heterocycles. The average Bonchev–Trinajstić information content (AvgIpc) is 2.16. The van der Waals surface area contributed by atoms with Gasteiger partial charge in [0.2, 0.25) is 10.0 Å². The highest BCUT2D eigenvalue weighted by atomic mass is 79.9. The third kappa shape index (κ3) is 5.32. The van der Waals surface area contributed by atoms with E-state index in [1.54, 1.807) is 4.31 Å². The lowest BCUT2D eigenvalue weighted by molar-refractivity contribution is 0.427. The van der Waals surface area contributed by atoms with Crippen molar-refractivity contribution >= 4 is 26.0 Å². The normalized spacial score (nSPS) is 12.3. The molecule has 0 fully saturated rings. The minimum absolute atomic E-state index is 0.291. The maximum atomic E-state index is 11.7. The molecule has 86 valence electrons. The maximum Gasteiger partial charge on any atom is 0.214 e. The summed E-state index contributed by atoms with van der Waals surface area (Å²) < 4.78 is 25.0. The van der Waals surface area contributed by atoms with Crippen molar-refractivity contribution in [2.75, 3.05) is 24.2 Å². The molecular weight excluding hydrogens is 266 g/mol. The first-order valence-electron chi connectivity index (χ1n) is 5.12. The Kier molecular flexibility index (Phi) is 7.86. The van der Waals surface area contributed by atoms with Crippen LogP contribution in [0.3, 0.4) is 0 Å². The van der Waals surface area contributed by atoms with E-state index in [-0.39, 0.29) is 0 Å². The zero-order valence-corrected chi connectivity index (χ0v) is 11.4. The number of sulfonamides is 1. The van der Waals surface area contributed by atoms with Gasteiger partial charge in [-0.05, 0) is 12.8 Å². The molecular formula is C9H20BrNO2S. The van der Waals surface area contributed by atoms with E-state index in [2.05, 4.69) is 15.9 Å². The monoisotopic (exact) mass is 285 g/mol. The summed E-state index contributed by atoms with van der Waals surface area (Å²) in [5, 5.41) is 0.854. The lowest BCUT2D eigenvalue weighted by atomic mass is 10.4. The minimum Gasteiger partial charge on any atom is -0.212 e. The van der Waals surface area contributed by atoms with Gasteiger partial charge in [0.05, 0.1) is 5.75 Å². The first kappa shape index (κ1) is 14.4. The van der Waals surface area contributed by atoms with Crippen LogP contribution < -0.4 is 0 Å². The van der Waals surface area contributed by atoms with Gasteiger partial charge in [-0.15, -0.1) is 0 Å². The van der Waals surface area contributed by atoms with E-state index in [9.17, 15) is 8.42 Å². The van der Waals surface area contributed by atoms with Crippen molar-refractivity contribution in [1.29, 1.82) is 0 Å². The predicted molar refractivity (Wildman–Crippen MR) is 64.4 cm³/mol. The van der Waals surface area contributed by atoms with Crippen LogP contribution in [0.4, 0.5) is 0 Å². The zero-order valence-electron chi connectivity index (χ0n) is 9.00. The minimum atomic E-state index is -2.99. The van der Waals surface area contributed by atoms with Gasteiger partial charge in [0.1, 0.15) is 0 Å². The van der Waals surface area contributed by atoms with Gasteiger partial charge < -0.3 is 0 Å². The molecule has 0 spiro atoms. The highest BCUT2D eigenvalue weighted by Gasteiger charge is 2.18. The predicted octanol–water partition coefficient (Wildman–Crippen LogP) is 2.22. The summed E-state index contributed by atoms with van der Waals surface area (Å²) in [4.78, 5) is 0. The number of hydrogen-bond acceptors (Lipinski definition) is 2. The van der Waals surface area contributed by atoms with E-state index < -0.39 is 10.0 Å². The summed E-state index contributed by atoms with van der Waals surface area (Å²) in [5.41, 5.74) is 0. The third-order valence-corrected chi connectivity index (χ3v) is 4.64. The van der Waals surface area contributed by atoms with Gasteiger partial charge >= 0.3 is 0 Å². The Morgan fingerprint density at radius 2 is 1.86 bits per heavy atom. The highest BCUT2D eigenvalue weighted by Crippen LogP contribution is 2.06. The fraction of sp³-hybridized carbons (Fsp3) is 1.00. The number of unbranched alkanes of at least 4 members (excludes halogenated alkanes) is 1. The molecule has 0 atom stereocenters. The summed E-state index contributed by atoms with van der Waals surface area (Å²) in [5.74, 6) is 0.291. The van der Waals surface area contributed by atoms with Crippen molar-refractivity contribution in [2.45, 2.75) is 33.1 Å². The Balaban J connectivity index is 4.19. The molecule has 14 heavy (non-hydrogen) atoms. The number of halogens is 1. The van der Waals surface area contributed by atoms with E-state index in [1.165, 1.54) is 0 Å². The molecule has 0 saturated carbocycles. The Bertz CT molecular complexity index is 229. The number of hydrogen-bond donors (Lipinski definition) is 0. The van der Waals surface area contributed by atoms with E-state index >= 15 is 0 Å². The fourth-order valence-corrected chi connectivity index (χ4v) is 3.15. The molecule has 0 saturated heterocycles. The number of rotatable bonds is 8. The first-order chi connectivity index (χ1) is 6.58. The van der Waals surface area contributed by atoms with Crippen LogP contribution in [0, 0.1) is 0 Å². The Labute approximate surface area is 96.0 Å². The molecule has 0 unspecified atom stereocenters. The highest BCUT2D eigenvalue weighted by molar-refractivity contribution is 9.09. The summed E-state index contributed by atoms with van der Waals surface area (Å²) >= 11 is 3.30. The van der Waals surface area contributed by atoms with Crippen molar-refractivity contribution < 1.29 is 8.42 Å². The Hall–Kier alpha value is 0.390. The van der Waals surface area contributed by atoms with Crippen LogP contribution in [0.5, 0.6) is 0 Å². The molecule has 0 N–H and O–H groups in total. The summed E-state index contributed by atoms with van der Waals surface area (Å²) in [7, 11) is -2.99. The van der Waals surface area contributed by atoms with Crippen LogP contribution in [0.2, 0.25) is 0 Å². The molecule has 0 aliphatic rings. The van der Waals surface area contributed by atoms with Crippen molar-refractivity contribution in [1.82, 2.24) is 4.31 Å². The molecule has 3 nitrogen and oxygen atoms in total. The van der Waals surface area contributed by atoms with Gasteiger partial charge in [0, 0.05) is 18.4 Å². The van der Waals surface area contributed by atoms with Crippen LogP contribution in [0.1, 0.15) is 33.1 Å². The Morgan fingerprint density at radius 3 is 2.29 bits per heavy atom. The molecule has 0 aromatic rings. The van der Waals surface area contributed by atoms with E-state index in [0.29, 0.717) is 18.8 Å². The van der Waals surface area contributed by atoms with Crippen LogP contribution >= 0.6 is 15.9 Å². The van der Waals surface area contributed by atoms with Gasteiger partial charge in [0.15, 0.2) is 0 Å². The second-order valence-corrected chi connectivity index (χ2v) is 6.09. The van der Waals surface area contributed by atoms with Crippen molar-refractivity contribution in [2.24, 2.45) is 0 Å². The molecule has 0 amide bonds. The molecule has 0 radical (unpaired) electrons. The van der Waals surface area contributed by atoms with Crippen LogP contribution in [-0.4, -0.2) is 36.9 Å². The second kappa shape index (κ2) is 7.65. The third-order valence-electron chi connectivity index (χ3n) is 2.04. The van der Waals surface area contributed by atoms with Gasteiger partial charge in [-0.1, -0.05) is 36.2 Å². The fourth-order valence-electron chi connectivity index (χ4n) is 1.19. The number of nitrogens with zero attached hydrogens (tertiary/aromatic N) is 1. The SMILES string of the molecule is CCCCS(=O)(=O)N(CC)CCCBr. The summed E-state index contributed by atoms with van der Waals surface area (Å²) in [6, 6.07) is 0. The zero-order chi connectivity index (χ0) is 11.0. The standard InChI is InChI=1S/C9H20BrNO2S/c1-3-5-9-14(12,13)11(4-2)8-6-7-10/h3-9H2,1-2H3. The molecule has 0 aliphatic heterocycles. The van der Waals surface area contributed by atoms with Crippen LogP contribution in [0.25, 0.3) is 0 Å². The summed E-state index contributed by atoms with van der Waals surface area (Å²) in [6.07, 6.45) is 2.56. The van der Waals surface area contributed by atoms with Crippen molar-refractivity contribution in [3.8, 4) is 0 Å². The largest absolute Gasteiger partial charge is 0.214 e.